The topological polar surface area (TPSA) is 34.1 Å². The Morgan fingerprint density at radius 1 is 1.26 bits per heavy atom. The summed E-state index contributed by atoms with van der Waals surface area (Å²) in [6, 6.07) is 10.0. The molecule has 1 heterocycles. The Bertz CT molecular complexity index is 572. The number of rotatable bonds is 4. The molecular weight excluding hydrogens is 260 g/mol. The number of ether oxygens (including phenoxy) is 1. The van der Waals surface area contributed by atoms with Crippen LogP contribution >= 0.6 is 11.6 Å². The first-order chi connectivity index (χ1) is 9.10. The second kappa shape index (κ2) is 5.93. The van der Waals surface area contributed by atoms with Gasteiger partial charge in [-0.1, -0.05) is 23.7 Å². The minimum atomic E-state index is 0.119. The molecule has 4 heteroatoms. The molecule has 2 rings (SSSR count). The number of aromatic nitrogens is 1. The smallest absolute Gasteiger partial charge is 0.131 e. The Kier molecular flexibility index (Phi) is 4.27. The quantitative estimate of drug-likeness (QED) is 0.849. The molecule has 0 saturated carbocycles. The number of aryl methyl sites for hydroxylation is 1. The molecule has 3 nitrogen and oxygen atoms in total. The van der Waals surface area contributed by atoms with Crippen LogP contribution in [-0.4, -0.2) is 12.1 Å². The predicted molar refractivity (Wildman–Crippen MR) is 79.0 cm³/mol. The van der Waals surface area contributed by atoms with Gasteiger partial charge in [0.25, 0.3) is 0 Å². The van der Waals surface area contributed by atoms with E-state index in [2.05, 4.69) is 29.4 Å². The largest absolute Gasteiger partial charge is 0.496 e. The SMILES string of the molecule is COc1cc(C)ccc1C(C)Nc1ccnc(Cl)c1. The Hall–Kier alpha value is -1.74. The van der Waals surface area contributed by atoms with Gasteiger partial charge in [-0.15, -0.1) is 0 Å². The zero-order chi connectivity index (χ0) is 13.8. The second-order valence-corrected chi connectivity index (χ2v) is 4.87. The molecule has 0 bridgehead atoms. The van der Waals surface area contributed by atoms with Gasteiger partial charge in [-0.2, -0.15) is 0 Å². The van der Waals surface area contributed by atoms with Crippen LogP contribution in [-0.2, 0) is 0 Å². The van der Waals surface area contributed by atoms with Crippen LogP contribution in [0.15, 0.2) is 36.5 Å². The Morgan fingerprint density at radius 2 is 2.05 bits per heavy atom. The average molecular weight is 277 g/mol. The fourth-order valence-electron chi connectivity index (χ4n) is 2.00. The van der Waals surface area contributed by atoms with E-state index in [1.807, 2.05) is 19.1 Å². The summed E-state index contributed by atoms with van der Waals surface area (Å²) in [5, 5.41) is 3.87. The van der Waals surface area contributed by atoms with Crippen molar-refractivity contribution in [3.05, 3.63) is 52.8 Å². The van der Waals surface area contributed by atoms with E-state index in [0.717, 1.165) is 17.0 Å². The van der Waals surface area contributed by atoms with Crippen molar-refractivity contribution in [2.45, 2.75) is 19.9 Å². The molecule has 100 valence electrons. The number of nitrogens with one attached hydrogen (secondary N) is 1. The van der Waals surface area contributed by atoms with Crippen LogP contribution in [0.5, 0.6) is 5.75 Å². The van der Waals surface area contributed by atoms with Gasteiger partial charge < -0.3 is 10.1 Å². The van der Waals surface area contributed by atoms with Crippen LogP contribution in [0.4, 0.5) is 5.69 Å². The summed E-state index contributed by atoms with van der Waals surface area (Å²) >= 11 is 5.88. The molecule has 1 aromatic heterocycles. The van der Waals surface area contributed by atoms with Crippen molar-refractivity contribution < 1.29 is 4.74 Å². The van der Waals surface area contributed by atoms with Gasteiger partial charge in [0.1, 0.15) is 10.9 Å². The molecule has 19 heavy (non-hydrogen) atoms. The van der Waals surface area contributed by atoms with Crippen LogP contribution in [0.3, 0.4) is 0 Å². The van der Waals surface area contributed by atoms with Crippen LogP contribution in [0, 0.1) is 6.92 Å². The monoisotopic (exact) mass is 276 g/mol. The van der Waals surface area contributed by atoms with Gasteiger partial charge in [-0.25, -0.2) is 4.98 Å². The average Bonchev–Trinajstić information content (AvgIpc) is 2.38. The molecule has 0 amide bonds. The van der Waals surface area contributed by atoms with E-state index in [1.165, 1.54) is 5.56 Å². The van der Waals surface area contributed by atoms with Gasteiger partial charge in [0.2, 0.25) is 0 Å². The van der Waals surface area contributed by atoms with Gasteiger partial charge in [0, 0.05) is 17.4 Å². The first kappa shape index (κ1) is 13.7. The molecule has 1 unspecified atom stereocenters. The van der Waals surface area contributed by atoms with Crippen molar-refractivity contribution >= 4 is 17.3 Å². The molecule has 0 spiro atoms. The van der Waals surface area contributed by atoms with Crippen molar-refractivity contribution in [1.29, 1.82) is 0 Å². The second-order valence-electron chi connectivity index (χ2n) is 4.48. The summed E-state index contributed by atoms with van der Waals surface area (Å²) in [6.45, 7) is 4.13. The number of methoxy groups -OCH3 is 1. The summed E-state index contributed by atoms with van der Waals surface area (Å²) in [5.74, 6) is 0.889. The minimum Gasteiger partial charge on any atom is -0.496 e. The minimum absolute atomic E-state index is 0.119. The van der Waals surface area contributed by atoms with Crippen molar-refractivity contribution in [3.8, 4) is 5.75 Å². The molecule has 0 fully saturated rings. The third kappa shape index (κ3) is 3.38. The molecule has 2 aromatic rings. The molecule has 0 saturated heterocycles. The normalized spacial score (nSPS) is 12.0. The van der Waals surface area contributed by atoms with E-state index in [9.17, 15) is 0 Å². The van der Waals surface area contributed by atoms with Gasteiger partial charge in [-0.05, 0) is 37.6 Å². The summed E-state index contributed by atoms with van der Waals surface area (Å²) < 4.78 is 5.43. The number of hydrogen-bond donors (Lipinski definition) is 1. The van der Waals surface area contributed by atoms with Crippen LogP contribution < -0.4 is 10.1 Å². The lowest BCUT2D eigenvalue weighted by atomic mass is 10.0. The zero-order valence-electron chi connectivity index (χ0n) is 11.3. The highest BCUT2D eigenvalue weighted by molar-refractivity contribution is 6.29. The maximum Gasteiger partial charge on any atom is 0.131 e. The highest BCUT2D eigenvalue weighted by Gasteiger charge is 2.11. The standard InChI is InChI=1S/C15H17ClN2O/c1-10-4-5-13(14(8-10)19-3)11(2)18-12-6-7-17-15(16)9-12/h4-9,11H,1-3H3,(H,17,18). The molecule has 1 aromatic carbocycles. The highest BCUT2D eigenvalue weighted by Crippen LogP contribution is 2.28. The summed E-state index contributed by atoms with van der Waals surface area (Å²) in [6.07, 6.45) is 1.68. The third-order valence-corrected chi connectivity index (χ3v) is 3.17. The fraction of sp³-hybridized carbons (Fsp3) is 0.267. The molecular formula is C15H17ClN2O. The summed E-state index contributed by atoms with van der Waals surface area (Å²) in [4.78, 5) is 3.97. The Balaban J connectivity index is 2.22. The van der Waals surface area contributed by atoms with Crippen LogP contribution in [0.1, 0.15) is 24.1 Å². The van der Waals surface area contributed by atoms with Gasteiger partial charge >= 0.3 is 0 Å². The number of anilines is 1. The maximum atomic E-state index is 5.88. The molecule has 1 atom stereocenters. The lowest BCUT2D eigenvalue weighted by Crippen LogP contribution is -2.08. The third-order valence-electron chi connectivity index (χ3n) is 2.97. The van der Waals surface area contributed by atoms with Crippen LogP contribution in [0.2, 0.25) is 5.15 Å². The molecule has 1 N–H and O–H groups in total. The number of pyridine rings is 1. The predicted octanol–water partition coefficient (Wildman–Crippen LogP) is 4.23. The fourth-order valence-corrected chi connectivity index (χ4v) is 2.17. The van der Waals surface area contributed by atoms with Gasteiger partial charge in [0.05, 0.1) is 13.2 Å². The molecule has 0 aliphatic heterocycles. The van der Waals surface area contributed by atoms with E-state index >= 15 is 0 Å². The lowest BCUT2D eigenvalue weighted by Gasteiger charge is -2.19. The molecule has 0 aliphatic carbocycles. The Labute approximate surface area is 118 Å². The summed E-state index contributed by atoms with van der Waals surface area (Å²) in [7, 11) is 1.69. The van der Waals surface area contributed by atoms with E-state index in [-0.39, 0.29) is 6.04 Å². The number of hydrogen-bond acceptors (Lipinski definition) is 3. The highest BCUT2D eigenvalue weighted by atomic mass is 35.5. The number of benzene rings is 1. The number of nitrogens with zero attached hydrogens (tertiary/aromatic N) is 1. The lowest BCUT2D eigenvalue weighted by molar-refractivity contribution is 0.407. The van der Waals surface area contributed by atoms with E-state index in [1.54, 1.807) is 19.4 Å². The van der Waals surface area contributed by atoms with Crippen molar-refractivity contribution in [2.24, 2.45) is 0 Å². The maximum absolute atomic E-state index is 5.88. The zero-order valence-corrected chi connectivity index (χ0v) is 12.0. The van der Waals surface area contributed by atoms with Crippen molar-refractivity contribution in [3.63, 3.8) is 0 Å². The molecule has 0 aliphatic rings. The van der Waals surface area contributed by atoms with Gasteiger partial charge in [0.15, 0.2) is 0 Å². The van der Waals surface area contributed by atoms with Crippen LogP contribution in [0.25, 0.3) is 0 Å². The van der Waals surface area contributed by atoms with E-state index < -0.39 is 0 Å². The summed E-state index contributed by atoms with van der Waals surface area (Å²) in [5.41, 5.74) is 3.23. The first-order valence-electron chi connectivity index (χ1n) is 6.13. The molecule has 0 radical (unpaired) electrons. The number of halogens is 1. The first-order valence-corrected chi connectivity index (χ1v) is 6.50. The van der Waals surface area contributed by atoms with E-state index in [4.69, 9.17) is 16.3 Å². The van der Waals surface area contributed by atoms with Crippen molar-refractivity contribution in [2.75, 3.05) is 12.4 Å². The van der Waals surface area contributed by atoms with E-state index in [0.29, 0.717) is 5.15 Å². The Morgan fingerprint density at radius 3 is 2.74 bits per heavy atom. The van der Waals surface area contributed by atoms with Gasteiger partial charge in [-0.3, -0.25) is 0 Å². The van der Waals surface area contributed by atoms with Crippen molar-refractivity contribution in [1.82, 2.24) is 4.98 Å².